The summed E-state index contributed by atoms with van der Waals surface area (Å²) in [5.41, 5.74) is 2.36. The van der Waals surface area contributed by atoms with Gasteiger partial charge >= 0.3 is 0 Å². The molecule has 21 heavy (non-hydrogen) atoms. The van der Waals surface area contributed by atoms with Crippen molar-refractivity contribution in [2.24, 2.45) is 0 Å². The molecule has 0 saturated carbocycles. The van der Waals surface area contributed by atoms with E-state index in [2.05, 4.69) is 10.3 Å². The van der Waals surface area contributed by atoms with Gasteiger partial charge in [-0.25, -0.2) is 4.98 Å². The second-order valence-corrected chi connectivity index (χ2v) is 5.06. The van der Waals surface area contributed by atoms with Gasteiger partial charge in [0.25, 0.3) is 5.91 Å². The fourth-order valence-corrected chi connectivity index (χ4v) is 2.26. The van der Waals surface area contributed by atoms with Gasteiger partial charge in [0.2, 0.25) is 0 Å². The van der Waals surface area contributed by atoms with E-state index in [1.54, 1.807) is 26.2 Å². The van der Waals surface area contributed by atoms with Crippen LogP contribution in [0.4, 0.5) is 0 Å². The van der Waals surface area contributed by atoms with Gasteiger partial charge in [-0.05, 0) is 43.2 Å². The fraction of sp³-hybridized carbons (Fsp3) is 0.250. The predicted octanol–water partition coefficient (Wildman–Crippen LogP) is 3.02. The van der Waals surface area contributed by atoms with Gasteiger partial charge in [0, 0.05) is 17.8 Å². The number of rotatable bonds is 5. The summed E-state index contributed by atoms with van der Waals surface area (Å²) in [5, 5.41) is 3.20. The zero-order chi connectivity index (χ0) is 15.2. The molecule has 0 spiro atoms. The van der Waals surface area contributed by atoms with E-state index in [0.717, 1.165) is 23.4 Å². The van der Waals surface area contributed by atoms with Gasteiger partial charge in [-0.1, -0.05) is 23.7 Å². The second kappa shape index (κ2) is 7.09. The van der Waals surface area contributed by atoms with Gasteiger partial charge < -0.3 is 10.1 Å². The number of methoxy groups -OCH3 is 1. The standard InChI is InChI=1S/C16H17ClN2O2/c1-11-8-13(10-15(17)19-11)16(20)18-7-6-12-4-3-5-14(9-12)21-2/h3-5,8-10H,6-7H2,1-2H3,(H,18,20). The zero-order valence-electron chi connectivity index (χ0n) is 12.0. The van der Waals surface area contributed by atoms with Crippen molar-refractivity contribution in [2.75, 3.05) is 13.7 Å². The monoisotopic (exact) mass is 304 g/mol. The maximum atomic E-state index is 12.0. The Morgan fingerprint density at radius 3 is 2.86 bits per heavy atom. The Bertz CT molecular complexity index is 624. The molecule has 1 aromatic heterocycles. The molecule has 1 heterocycles. The van der Waals surface area contributed by atoms with E-state index in [1.165, 1.54) is 0 Å². The molecule has 1 N–H and O–H groups in total. The molecular formula is C16H17ClN2O2. The van der Waals surface area contributed by atoms with Crippen molar-refractivity contribution in [1.29, 1.82) is 0 Å². The molecule has 110 valence electrons. The van der Waals surface area contributed by atoms with Crippen LogP contribution in [0.5, 0.6) is 5.75 Å². The van der Waals surface area contributed by atoms with Gasteiger partial charge in [0.15, 0.2) is 0 Å². The number of hydrogen-bond donors (Lipinski definition) is 1. The summed E-state index contributed by atoms with van der Waals surface area (Å²) in [6, 6.07) is 11.1. The second-order valence-electron chi connectivity index (χ2n) is 4.68. The van der Waals surface area contributed by atoms with E-state index in [0.29, 0.717) is 17.3 Å². The van der Waals surface area contributed by atoms with Crippen LogP contribution in [0.15, 0.2) is 36.4 Å². The number of hydrogen-bond acceptors (Lipinski definition) is 3. The number of ether oxygens (including phenoxy) is 1. The molecule has 0 atom stereocenters. The first kappa shape index (κ1) is 15.3. The lowest BCUT2D eigenvalue weighted by Crippen LogP contribution is -2.25. The maximum absolute atomic E-state index is 12.0. The van der Waals surface area contributed by atoms with Crippen LogP contribution in [-0.2, 0) is 6.42 Å². The first-order valence-electron chi connectivity index (χ1n) is 6.64. The van der Waals surface area contributed by atoms with Crippen molar-refractivity contribution in [3.05, 3.63) is 58.4 Å². The number of aromatic nitrogens is 1. The lowest BCUT2D eigenvalue weighted by atomic mass is 10.1. The molecule has 1 amide bonds. The number of carbonyl (C=O) groups excluding carboxylic acids is 1. The number of benzene rings is 1. The molecule has 0 aliphatic heterocycles. The quantitative estimate of drug-likeness (QED) is 0.864. The summed E-state index contributed by atoms with van der Waals surface area (Å²) in [5.74, 6) is 0.667. The highest BCUT2D eigenvalue weighted by atomic mass is 35.5. The Morgan fingerprint density at radius 2 is 2.14 bits per heavy atom. The molecular weight excluding hydrogens is 288 g/mol. The summed E-state index contributed by atoms with van der Waals surface area (Å²) in [6.07, 6.45) is 0.737. The van der Waals surface area contributed by atoms with E-state index >= 15 is 0 Å². The Kier molecular flexibility index (Phi) is 5.17. The normalized spacial score (nSPS) is 10.2. The van der Waals surface area contributed by atoms with E-state index < -0.39 is 0 Å². The summed E-state index contributed by atoms with van der Waals surface area (Å²) < 4.78 is 5.17. The molecule has 1 aromatic carbocycles. The number of nitrogens with zero attached hydrogens (tertiary/aromatic N) is 1. The molecule has 2 aromatic rings. The van der Waals surface area contributed by atoms with Crippen molar-refractivity contribution < 1.29 is 9.53 Å². The molecule has 0 radical (unpaired) electrons. The Morgan fingerprint density at radius 1 is 1.33 bits per heavy atom. The van der Waals surface area contributed by atoms with Crippen LogP contribution < -0.4 is 10.1 Å². The third-order valence-electron chi connectivity index (χ3n) is 3.02. The summed E-state index contributed by atoms with van der Waals surface area (Å²) in [4.78, 5) is 16.1. The molecule has 0 aliphatic carbocycles. The van der Waals surface area contributed by atoms with Crippen LogP contribution in [0.25, 0.3) is 0 Å². The first-order chi connectivity index (χ1) is 10.1. The van der Waals surface area contributed by atoms with Crippen molar-refractivity contribution in [3.8, 4) is 5.75 Å². The van der Waals surface area contributed by atoms with E-state index in [4.69, 9.17) is 16.3 Å². The highest BCUT2D eigenvalue weighted by molar-refractivity contribution is 6.29. The SMILES string of the molecule is COc1cccc(CCNC(=O)c2cc(C)nc(Cl)c2)c1. The van der Waals surface area contributed by atoms with E-state index in [9.17, 15) is 4.79 Å². The van der Waals surface area contributed by atoms with Gasteiger partial charge in [0.1, 0.15) is 10.9 Å². The van der Waals surface area contributed by atoms with Crippen molar-refractivity contribution in [2.45, 2.75) is 13.3 Å². The third-order valence-corrected chi connectivity index (χ3v) is 3.21. The van der Waals surface area contributed by atoms with E-state index in [-0.39, 0.29) is 5.91 Å². The average molecular weight is 305 g/mol. The number of carbonyl (C=O) groups is 1. The van der Waals surface area contributed by atoms with Crippen LogP contribution >= 0.6 is 11.6 Å². The molecule has 0 aliphatic rings. The minimum atomic E-state index is -0.148. The summed E-state index contributed by atoms with van der Waals surface area (Å²) in [7, 11) is 1.64. The summed E-state index contributed by atoms with van der Waals surface area (Å²) in [6.45, 7) is 2.35. The van der Waals surface area contributed by atoms with Crippen LogP contribution in [0.1, 0.15) is 21.6 Å². The topological polar surface area (TPSA) is 51.2 Å². The van der Waals surface area contributed by atoms with Crippen molar-refractivity contribution in [1.82, 2.24) is 10.3 Å². The number of amides is 1. The van der Waals surface area contributed by atoms with Crippen LogP contribution in [-0.4, -0.2) is 24.5 Å². The van der Waals surface area contributed by atoms with E-state index in [1.807, 2.05) is 24.3 Å². The molecule has 4 nitrogen and oxygen atoms in total. The van der Waals surface area contributed by atoms with Gasteiger partial charge in [-0.15, -0.1) is 0 Å². The maximum Gasteiger partial charge on any atom is 0.251 e. The highest BCUT2D eigenvalue weighted by Crippen LogP contribution is 2.13. The zero-order valence-corrected chi connectivity index (χ0v) is 12.8. The third kappa shape index (κ3) is 4.46. The molecule has 0 unspecified atom stereocenters. The fourth-order valence-electron chi connectivity index (χ4n) is 2.01. The Labute approximate surface area is 129 Å². The van der Waals surface area contributed by atoms with Crippen LogP contribution in [0.3, 0.4) is 0 Å². The molecule has 0 bridgehead atoms. The number of aryl methyl sites for hydroxylation is 1. The van der Waals surface area contributed by atoms with Gasteiger partial charge in [-0.3, -0.25) is 4.79 Å². The van der Waals surface area contributed by atoms with Crippen LogP contribution in [0.2, 0.25) is 5.15 Å². The lowest BCUT2D eigenvalue weighted by Gasteiger charge is -2.07. The largest absolute Gasteiger partial charge is 0.497 e. The molecule has 0 fully saturated rings. The average Bonchev–Trinajstić information content (AvgIpc) is 2.46. The summed E-state index contributed by atoms with van der Waals surface area (Å²) >= 11 is 5.85. The molecule has 5 heteroatoms. The lowest BCUT2D eigenvalue weighted by molar-refractivity contribution is 0.0954. The number of halogens is 1. The van der Waals surface area contributed by atoms with Crippen LogP contribution in [0, 0.1) is 6.92 Å². The Hall–Kier alpha value is -2.07. The van der Waals surface area contributed by atoms with Gasteiger partial charge in [-0.2, -0.15) is 0 Å². The predicted molar refractivity (Wildman–Crippen MR) is 83.0 cm³/mol. The Balaban J connectivity index is 1.92. The minimum absolute atomic E-state index is 0.148. The molecule has 0 saturated heterocycles. The minimum Gasteiger partial charge on any atom is -0.497 e. The van der Waals surface area contributed by atoms with Crippen molar-refractivity contribution in [3.63, 3.8) is 0 Å². The number of pyridine rings is 1. The van der Waals surface area contributed by atoms with Crippen molar-refractivity contribution >= 4 is 17.5 Å². The molecule has 2 rings (SSSR count). The van der Waals surface area contributed by atoms with Gasteiger partial charge in [0.05, 0.1) is 7.11 Å². The first-order valence-corrected chi connectivity index (χ1v) is 7.01. The smallest absolute Gasteiger partial charge is 0.251 e. The number of nitrogens with one attached hydrogen (secondary N) is 1. The highest BCUT2D eigenvalue weighted by Gasteiger charge is 2.07.